The number of aryl methyl sites for hydroxylation is 2. The number of nitrogens with one attached hydrogen (secondary N) is 2. The Morgan fingerprint density at radius 3 is 2.26 bits per heavy atom. The zero-order valence-corrected chi connectivity index (χ0v) is 17.8. The fourth-order valence-corrected chi connectivity index (χ4v) is 3.04. The zero-order chi connectivity index (χ0) is 22.4. The van der Waals surface area contributed by atoms with Gasteiger partial charge in [0.15, 0.2) is 11.5 Å². The number of hydrogen-bond donors (Lipinski definition) is 2. The molecule has 7 heteroatoms. The van der Waals surface area contributed by atoms with E-state index in [1.807, 2.05) is 32.0 Å². The molecule has 7 nitrogen and oxygen atoms in total. The quantitative estimate of drug-likeness (QED) is 0.556. The Labute approximate surface area is 180 Å². The summed E-state index contributed by atoms with van der Waals surface area (Å²) in [6.07, 6.45) is 2.96. The van der Waals surface area contributed by atoms with Crippen molar-refractivity contribution in [3.05, 3.63) is 82.9 Å². The number of rotatable bonds is 7. The van der Waals surface area contributed by atoms with Gasteiger partial charge in [0, 0.05) is 17.3 Å². The van der Waals surface area contributed by atoms with Crippen molar-refractivity contribution in [1.29, 1.82) is 0 Å². The number of benzene rings is 2. The van der Waals surface area contributed by atoms with Crippen molar-refractivity contribution in [3.63, 3.8) is 0 Å². The second-order valence-electron chi connectivity index (χ2n) is 6.82. The molecule has 2 amide bonds. The van der Waals surface area contributed by atoms with Crippen LogP contribution in [0.5, 0.6) is 11.5 Å². The first-order valence-corrected chi connectivity index (χ1v) is 9.59. The molecule has 1 heterocycles. The third kappa shape index (κ3) is 5.14. The van der Waals surface area contributed by atoms with E-state index >= 15 is 0 Å². The van der Waals surface area contributed by atoms with Crippen LogP contribution in [0.3, 0.4) is 0 Å². The van der Waals surface area contributed by atoms with E-state index in [1.54, 1.807) is 30.3 Å². The minimum atomic E-state index is -0.476. The van der Waals surface area contributed by atoms with Crippen LogP contribution in [-0.4, -0.2) is 26.0 Å². The largest absolute Gasteiger partial charge is 0.493 e. The highest BCUT2D eigenvalue weighted by Gasteiger charge is 2.18. The van der Waals surface area contributed by atoms with Crippen LogP contribution in [-0.2, 0) is 4.79 Å². The van der Waals surface area contributed by atoms with Gasteiger partial charge in [-0.05, 0) is 55.3 Å². The molecule has 3 rings (SSSR count). The summed E-state index contributed by atoms with van der Waals surface area (Å²) in [4.78, 5) is 25.9. The Morgan fingerprint density at radius 1 is 0.935 bits per heavy atom. The summed E-state index contributed by atoms with van der Waals surface area (Å²) in [5.74, 6) is 0.391. The molecule has 2 N–H and O–H groups in total. The first-order chi connectivity index (χ1) is 14.9. The van der Waals surface area contributed by atoms with Gasteiger partial charge < -0.3 is 24.5 Å². The minimum Gasteiger partial charge on any atom is -0.493 e. The van der Waals surface area contributed by atoms with Gasteiger partial charge in [-0.3, -0.25) is 9.59 Å². The van der Waals surface area contributed by atoms with Crippen LogP contribution >= 0.6 is 0 Å². The van der Waals surface area contributed by atoms with Crippen LogP contribution in [0.2, 0.25) is 0 Å². The number of para-hydroxylation sites is 1. The molecule has 0 aliphatic carbocycles. The van der Waals surface area contributed by atoms with Gasteiger partial charge in [0.2, 0.25) is 0 Å². The first-order valence-electron chi connectivity index (χ1n) is 9.59. The highest BCUT2D eigenvalue weighted by molar-refractivity contribution is 6.11. The summed E-state index contributed by atoms with van der Waals surface area (Å²) in [6.45, 7) is 3.81. The van der Waals surface area contributed by atoms with Crippen LogP contribution in [0.15, 0.2) is 64.9 Å². The minimum absolute atomic E-state index is 0.0392. The number of anilines is 1. The molecule has 1 aromatic heterocycles. The monoisotopic (exact) mass is 420 g/mol. The fourth-order valence-electron chi connectivity index (χ4n) is 3.04. The van der Waals surface area contributed by atoms with Gasteiger partial charge in [-0.25, -0.2) is 0 Å². The predicted octanol–water partition coefficient (Wildman–Crippen LogP) is 4.32. The lowest BCUT2D eigenvalue weighted by atomic mass is 10.1. The van der Waals surface area contributed by atoms with Gasteiger partial charge in [0.05, 0.1) is 20.5 Å². The summed E-state index contributed by atoms with van der Waals surface area (Å²) in [7, 11) is 3.00. The lowest BCUT2D eigenvalue weighted by molar-refractivity contribution is -0.113. The molecule has 0 saturated heterocycles. The highest BCUT2D eigenvalue weighted by Crippen LogP contribution is 2.27. The van der Waals surface area contributed by atoms with Crippen LogP contribution in [0.4, 0.5) is 5.69 Å². The molecular formula is C24H24N2O5. The second kappa shape index (κ2) is 9.67. The lowest BCUT2D eigenvalue weighted by Crippen LogP contribution is -2.31. The maximum Gasteiger partial charge on any atom is 0.272 e. The molecule has 0 saturated carbocycles. The molecule has 0 aliphatic heterocycles. The van der Waals surface area contributed by atoms with Gasteiger partial charge in [-0.2, -0.15) is 0 Å². The van der Waals surface area contributed by atoms with Crippen molar-refractivity contribution in [2.45, 2.75) is 13.8 Å². The number of carbonyl (C=O) groups excluding carboxylic acids is 2. The van der Waals surface area contributed by atoms with Crippen molar-refractivity contribution >= 4 is 23.6 Å². The van der Waals surface area contributed by atoms with Gasteiger partial charge in [-0.1, -0.05) is 18.2 Å². The molecule has 0 bridgehead atoms. The molecule has 160 valence electrons. The van der Waals surface area contributed by atoms with E-state index in [2.05, 4.69) is 10.6 Å². The zero-order valence-electron chi connectivity index (χ0n) is 17.8. The van der Waals surface area contributed by atoms with Crippen molar-refractivity contribution in [2.75, 3.05) is 19.5 Å². The molecule has 2 aromatic carbocycles. The standard InChI is InChI=1S/C24H24N2O5/c1-15-7-5-8-16(2)22(15)26-24(28)19(14-18-9-6-12-31-18)25-23(27)17-10-11-20(29-3)21(13-17)30-4/h5-14H,1-4H3,(H,25,27)(H,26,28)/b19-14-. The normalized spacial score (nSPS) is 11.0. The summed E-state index contributed by atoms with van der Waals surface area (Å²) in [6, 6.07) is 13.9. The molecule has 0 aliphatic rings. The van der Waals surface area contributed by atoms with E-state index in [1.165, 1.54) is 26.6 Å². The molecule has 0 fully saturated rings. The average molecular weight is 420 g/mol. The Bertz CT molecular complexity index is 1100. The van der Waals surface area contributed by atoms with Crippen molar-refractivity contribution in [1.82, 2.24) is 5.32 Å². The molecular weight excluding hydrogens is 396 g/mol. The third-order valence-electron chi connectivity index (χ3n) is 4.69. The van der Waals surface area contributed by atoms with E-state index in [-0.39, 0.29) is 5.70 Å². The third-order valence-corrected chi connectivity index (χ3v) is 4.69. The number of ether oxygens (including phenoxy) is 2. The van der Waals surface area contributed by atoms with Gasteiger partial charge in [0.25, 0.3) is 11.8 Å². The second-order valence-corrected chi connectivity index (χ2v) is 6.82. The maximum atomic E-state index is 13.1. The highest BCUT2D eigenvalue weighted by atomic mass is 16.5. The molecule has 0 unspecified atom stereocenters. The number of amides is 2. The summed E-state index contributed by atoms with van der Waals surface area (Å²) >= 11 is 0. The van der Waals surface area contributed by atoms with Crippen molar-refractivity contribution < 1.29 is 23.5 Å². The number of methoxy groups -OCH3 is 2. The summed E-state index contributed by atoms with van der Waals surface area (Å²) in [5, 5.41) is 5.55. The van der Waals surface area contributed by atoms with Gasteiger partial charge in [0.1, 0.15) is 11.5 Å². The number of carbonyl (C=O) groups is 2. The van der Waals surface area contributed by atoms with Crippen LogP contribution < -0.4 is 20.1 Å². The Kier molecular flexibility index (Phi) is 6.77. The van der Waals surface area contributed by atoms with Crippen LogP contribution in [0.1, 0.15) is 27.2 Å². The lowest BCUT2D eigenvalue weighted by Gasteiger charge is -2.15. The predicted molar refractivity (Wildman–Crippen MR) is 118 cm³/mol. The topological polar surface area (TPSA) is 89.8 Å². The van der Waals surface area contributed by atoms with E-state index in [0.29, 0.717) is 28.5 Å². The SMILES string of the molecule is COc1ccc(C(=O)N/C(=C\c2ccco2)C(=O)Nc2c(C)cccc2C)cc1OC. The van der Waals surface area contributed by atoms with Crippen molar-refractivity contribution in [2.24, 2.45) is 0 Å². The number of hydrogen-bond acceptors (Lipinski definition) is 5. The van der Waals surface area contributed by atoms with E-state index in [0.717, 1.165) is 11.1 Å². The van der Waals surface area contributed by atoms with E-state index in [4.69, 9.17) is 13.9 Å². The Balaban J connectivity index is 1.89. The van der Waals surface area contributed by atoms with E-state index < -0.39 is 11.8 Å². The summed E-state index contributed by atoms with van der Waals surface area (Å²) in [5.41, 5.74) is 2.87. The van der Waals surface area contributed by atoms with Crippen LogP contribution in [0.25, 0.3) is 6.08 Å². The van der Waals surface area contributed by atoms with Crippen molar-refractivity contribution in [3.8, 4) is 11.5 Å². The summed E-state index contributed by atoms with van der Waals surface area (Å²) < 4.78 is 15.8. The average Bonchev–Trinajstić information content (AvgIpc) is 3.28. The van der Waals surface area contributed by atoms with Gasteiger partial charge in [-0.15, -0.1) is 0 Å². The van der Waals surface area contributed by atoms with Crippen LogP contribution in [0, 0.1) is 13.8 Å². The van der Waals surface area contributed by atoms with Gasteiger partial charge >= 0.3 is 0 Å². The fraction of sp³-hybridized carbons (Fsp3) is 0.167. The Hall–Kier alpha value is -4.00. The van der Waals surface area contributed by atoms with E-state index in [9.17, 15) is 9.59 Å². The first kappa shape index (κ1) is 21.7. The molecule has 0 radical (unpaired) electrons. The Morgan fingerprint density at radius 2 is 1.65 bits per heavy atom. The number of furan rings is 1. The molecule has 31 heavy (non-hydrogen) atoms. The molecule has 3 aromatic rings. The molecule has 0 atom stereocenters. The molecule has 0 spiro atoms. The smallest absolute Gasteiger partial charge is 0.272 e. The maximum absolute atomic E-state index is 13.1.